The van der Waals surface area contributed by atoms with E-state index in [9.17, 15) is 14.3 Å². The summed E-state index contributed by atoms with van der Waals surface area (Å²) in [6.07, 6.45) is 0. The highest BCUT2D eigenvalue weighted by atomic mass is 32.2. The van der Waals surface area contributed by atoms with Gasteiger partial charge in [0, 0.05) is 6.07 Å². The molecule has 0 unspecified atom stereocenters. The van der Waals surface area contributed by atoms with Crippen LogP contribution in [-0.4, -0.2) is 9.13 Å². The van der Waals surface area contributed by atoms with Gasteiger partial charge in [-0.15, -0.1) is 0 Å². The summed E-state index contributed by atoms with van der Waals surface area (Å²) in [7, 11) is -1.41. The summed E-state index contributed by atoms with van der Waals surface area (Å²) in [5.41, 5.74) is 0.806. The third-order valence-corrected chi connectivity index (χ3v) is 3.88. The molecule has 0 saturated heterocycles. The fraction of sp³-hybridized carbons (Fsp3) is 0.0769. The molecule has 0 aliphatic heterocycles. The number of nitro groups is 1. The molecule has 2 rings (SSSR count). The lowest BCUT2D eigenvalue weighted by atomic mass is 10.2. The van der Waals surface area contributed by atoms with Crippen LogP contribution in [0.1, 0.15) is 5.56 Å². The standard InChI is InChI=1S/C13H11NO3S/c15-14(16)12-8-4-5-9-13(12)18(17)10-11-6-2-1-3-7-11/h1-9H,10H2/t18-/m0/s1. The topological polar surface area (TPSA) is 60.2 Å². The van der Waals surface area contributed by atoms with E-state index in [2.05, 4.69) is 0 Å². The van der Waals surface area contributed by atoms with Crippen LogP contribution >= 0.6 is 0 Å². The highest BCUT2D eigenvalue weighted by Gasteiger charge is 2.17. The third kappa shape index (κ3) is 2.81. The largest absolute Gasteiger partial charge is 0.285 e. The number of para-hydroxylation sites is 1. The second kappa shape index (κ2) is 5.55. The maximum absolute atomic E-state index is 12.1. The van der Waals surface area contributed by atoms with Crippen LogP contribution in [-0.2, 0) is 16.6 Å². The lowest BCUT2D eigenvalue weighted by molar-refractivity contribution is -0.387. The van der Waals surface area contributed by atoms with E-state index in [1.54, 1.807) is 12.1 Å². The van der Waals surface area contributed by atoms with Gasteiger partial charge in [0.05, 0.1) is 21.5 Å². The number of rotatable bonds is 4. The van der Waals surface area contributed by atoms with Crippen LogP contribution in [0, 0.1) is 10.1 Å². The summed E-state index contributed by atoms with van der Waals surface area (Å²) in [5, 5.41) is 10.8. The van der Waals surface area contributed by atoms with Gasteiger partial charge >= 0.3 is 0 Å². The minimum atomic E-state index is -1.41. The zero-order valence-corrected chi connectivity index (χ0v) is 10.3. The second-order valence-corrected chi connectivity index (χ2v) is 5.12. The van der Waals surface area contributed by atoms with Crippen LogP contribution in [0.5, 0.6) is 0 Å². The van der Waals surface area contributed by atoms with Crippen LogP contribution in [0.2, 0.25) is 0 Å². The van der Waals surface area contributed by atoms with Gasteiger partial charge in [-0.3, -0.25) is 14.3 Å². The number of nitrogens with zero attached hydrogens (tertiary/aromatic N) is 1. The zero-order valence-electron chi connectivity index (χ0n) is 9.48. The average molecular weight is 261 g/mol. The van der Waals surface area contributed by atoms with Crippen molar-refractivity contribution < 1.29 is 9.13 Å². The Morgan fingerprint density at radius 3 is 2.28 bits per heavy atom. The Labute approximate surface area is 107 Å². The molecule has 4 nitrogen and oxygen atoms in total. The zero-order chi connectivity index (χ0) is 13.0. The van der Waals surface area contributed by atoms with Crippen molar-refractivity contribution in [3.05, 3.63) is 70.3 Å². The molecule has 0 saturated carbocycles. The molecule has 0 bridgehead atoms. The Morgan fingerprint density at radius 1 is 1.00 bits per heavy atom. The average Bonchev–Trinajstić information content (AvgIpc) is 2.40. The first-order valence-electron chi connectivity index (χ1n) is 5.34. The highest BCUT2D eigenvalue weighted by Crippen LogP contribution is 2.23. The first-order valence-corrected chi connectivity index (χ1v) is 6.66. The van der Waals surface area contributed by atoms with E-state index in [1.165, 1.54) is 12.1 Å². The predicted molar refractivity (Wildman–Crippen MR) is 69.7 cm³/mol. The summed E-state index contributed by atoms with van der Waals surface area (Å²) in [6.45, 7) is 0. The van der Waals surface area contributed by atoms with Gasteiger partial charge in [-0.25, -0.2) is 0 Å². The van der Waals surface area contributed by atoms with Gasteiger partial charge < -0.3 is 0 Å². The van der Waals surface area contributed by atoms with Crippen molar-refractivity contribution in [1.82, 2.24) is 0 Å². The Balaban J connectivity index is 2.27. The van der Waals surface area contributed by atoms with E-state index in [4.69, 9.17) is 0 Å². The minimum absolute atomic E-state index is 0.0910. The molecule has 0 aromatic heterocycles. The molecule has 18 heavy (non-hydrogen) atoms. The van der Waals surface area contributed by atoms with E-state index in [0.29, 0.717) is 0 Å². The van der Waals surface area contributed by atoms with Gasteiger partial charge in [-0.1, -0.05) is 42.5 Å². The fourth-order valence-electron chi connectivity index (χ4n) is 1.60. The van der Waals surface area contributed by atoms with E-state index in [1.807, 2.05) is 30.3 Å². The molecule has 1 atom stereocenters. The van der Waals surface area contributed by atoms with Crippen molar-refractivity contribution in [3.63, 3.8) is 0 Å². The summed E-state index contributed by atoms with van der Waals surface area (Å²) >= 11 is 0. The van der Waals surface area contributed by atoms with E-state index < -0.39 is 15.7 Å². The smallest absolute Gasteiger partial charge is 0.258 e. The fourth-order valence-corrected chi connectivity index (χ4v) is 2.86. The lowest BCUT2D eigenvalue weighted by Gasteiger charge is -2.03. The molecule has 0 fully saturated rings. The predicted octanol–water partition coefficient (Wildman–Crippen LogP) is 2.90. The van der Waals surface area contributed by atoms with Crippen LogP contribution in [0.15, 0.2) is 59.5 Å². The molecule has 0 radical (unpaired) electrons. The van der Waals surface area contributed by atoms with Gasteiger partial charge in [0.1, 0.15) is 4.90 Å². The quantitative estimate of drug-likeness (QED) is 0.628. The molecule has 2 aromatic carbocycles. The van der Waals surface area contributed by atoms with Gasteiger partial charge in [-0.05, 0) is 11.6 Å². The summed E-state index contributed by atoms with van der Waals surface area (Å²) < 4.78 is 12.1. The summed E-state index contributed by atoms with van der Waals surface area (Å²) in [5.74, 6) is 0.283. The first kappa shape index (κ1) is 12.4. The van der Waals surface area contributed by atoms with Crippen molar-refractivity contribution in [2.24, 2.45) is 0 Å². The maximum atomic E-state index is 12.1. The molecule has 0 spiro atoms. The van der Waals surface area contributed by atoms with Crippen LogP contribution < -0.4 is 0 Å². The lowest BCUT2D eigenvalue weighted by Crippen LogP contribution is -2.00. The summed E-state index contributed by atoms with van der Waals surface area (Å²) in [4.78, 5) is 10.6. The highest BCUT2D eigenvalue weighted by molar-refractivity contribution is 7.84. The van der Waals surface area contributed by atoms with Crippen molar-refractivity contribution in [2.75, 3.05) is 0 Å². The molecule has 0 aliphatic carbocycles. The normalized spacial score (nSPS) is 12.0. The molecule has 92 valence electrons. The minimum Gasteiger partial charge on any atom is -0.258 e. The molecule has 2 aromatic rings. The van der Waals surface area contributed by atoms with Crippen LogP contribution in [0.25, 0.3) is 0 Å². The van der Waals surface area contributed by atoms with Gasteiger partial charge in [0.2, 0.25) is 0 Å². The van der Waals surface area contributed by atoms with Crippen molar-refractivity contribution in [2.45, 2.75) is 10.6 Å². The second-order valence-electron chi connectivity index (χ2n) is 3.70. The van der Waals surface area contributed by atoms with Crippen LogP contribution in [0.3, 0.4) is 0 Å². The SMILES string of the molecule is O=[N+]([O-])c1ccccc1[S@@](=O)Cc1ccccc1. The maximum Gasteiger partial charge on any atom is 0.285 e. The van der Waals surface area contributed by atoms with Gasteiger partial charge in [0.15, 0.2) is 0 Å². The Kier molecular flexibility index (Phi) is 3.84. The van der Waals surface area contributed by atoms with Crippen LogP contribution in [0.4, 0.5) is 5.69 Å². The van der Waals surface area contributed by atoms with E-state index in [0.717, 1.165) is 5.56 Å². The molecular weight excluding hydrogens is 250 g/mol. The Bertz CT molecular complexity index is 584. The molecule has 5 heteroatoms. The Hall–Kier alpha value is -2.01. The van der Waals surface area contributed by atoms with Crippen molar-refractivity contribution in [1.29, 1.82) is 0 Å². The third-order valence-electron chi connectivity index (χ3n) is 2.45. The van der Waals surface area contributed by atoms with E-state index in [-0.39, 0.29) is 16.3 Å². The number of hydrogen-bond acceptors (Lipinski definition) is 3. The number of nitro benzene ring substituents is 1. The molecular formula is C13H11NO3S. The molecule has 0 aliphatic rings. The Morgan fingerprint density at radius 2 is 1.61 bits per heavy atom. The van der Waals surface area contributed by atoms with Gasteiger partial charge in [-0.2, -0.15) is 0 Å². The molecule has 0 amide bonds. The molecule has 0 N–H and O–H groups in total. The monoisotopic (exact) mass is 261 g/mol. The van der Waals surface area contributed by atoms with E-state index >= 15 is 0 Å². The number of benzene rings is 2. The van der Waals surface area contributed by atoms with Gasteiger partial charge in [0.25, 0.3) is 5.69 Å². The molecule has 0 heterocycles. The van der Waals surface area contributed by atoms with Crippen molar-refractivity contribution >= 4 is 16.5 Å². The first-order chi connectivity index (χ1) is 8.68. The van der Waals surface area contributed by atoms with Crippen molar-refractivity contribution in [3.8, 4) is 0 Å². The summed E-state index contributed by atoms with van der Waals surface area (Å²) in [6, 6.07) is 15.4. The number of hydrogen-bond donors (Lipinski definition) is 0.